The van der Waals surface area contributed by atoms with Crippen molar-refractivity contribution < 1.29 is 8.95 Å². The first-order valence-electron chi connectivity index (χ1n) is 5.47. The highest BCUT2D eigenvalue weighted by Gasteiger charge is 2.33. The second-order valence-electron chi connectivity index (χ2n) is 4.00. The third kappa shape index (κ3) is 1.87. The first-order valence-corrected chi connectivity index (χ1v) is 6.85. The molecule has 0 saturated carbocycles. The molecule has 0 aromatic heterocycles. The first-order chi connectivity index (χ1) is 7.67. The van der Waals surface area contributed by atoms with Crippen molar-refractivity contribution in [3.63, 3.8) is 0 Å². The van der Waals surface area contributed by atoms with Gasteiger partial charge in [-0.15, -0.1) is 0 Å². The van der Waals surface area contributed by atoms with Crippen molar-refractivity contribution in [3.8, 4) is 5.75 Å². The molecule has 0 aliphatic heterocycles. The van der Waals surface area contributed by atoms with Gasteiger partial charge >= 0.3 is 0 Å². The average Bonchev–Trinajstić information content (AvgIpc) is 2.65. The van der Waals surface area contributed by atoms with Gasteiger partial charge < -0.3 is 10.5 Å². The molecule has 88 valence electrons. The Balaban J connectivity index is 2.31. The Labute approximate surface area is 98.4 Å². The minimum absolute atomic E-state index is 0.0621. The van der Waals surface area contributed by atoms with Gasteiger partial charge in [-0.2, -0.15) is 0 Å². The van der Waals surface area contributed by atoms with E-state index in [-0.39, 0.29) is 11.3 Å². The zero-order chi connectivity index (χ0) is 11.7. The summed E-state index contributed by atoms with van der Waals surface area (Å²) in [6, 6.07) is 5.81. The van der Waals surface area contributed by atoms with Crippen molar-refractivity contribution in [3.05, 3.63) is 29.3 Å². The standard InChI is InChI=1S/C12H17NO2S/c1-3-16(14)11-6-8-4-5-9(15-2)7-10(8)12(11)13/h4-5,7,11-12H,3,6,13H2,1-2H3. The molecule has 0 amide bonds. The largest absolute Gasteiger partial charge is 0.497 e. The molecule has 0 fully saturated rings. The van der Waals surface area contributed by atoms with E-state index >= 15 is 0 Å². The van der Waals surface area contributed by atoms with Crippen molar-refractivity contribution >= 4 is 10.8 Å². The summed E-state index contributed by atoms with van der Waals surface area (Å²) in [5.41, 5.74) is 8.44. The van der Waals surface area contributed by atoms with Crippen LogP contribution in [-0.2, 0) is 17.2 Å². The summed E-state index contributed by atoms with van der Waals surface area (Å²) in [5.74, 6) is 1.49. The van der Waals surface area contributed by atoms with Crippen LogP contribution in [0.1, 0.15) is 24.1 Å². The first kappa shape index (κ1) is 11.6. The van der Waals surface area contributed by atoms with E-state index in [1.807, 2.05) is 25.1 Å². The van der Waals surface area contributed by atoms with Gasteiger partial charge in [-0.1, -0.05) is 13.0 Å². The maximum atomic E-state index is 11.8. The molecule has 2 N–H and O–H groups in total. The molecule has 2 rings (SSSR count). The Kier molecular flexibility index (Phi) is 3.30. The van der Waals surface area contributed by atoms with Crippen LogP contribution in [-0.4, -0.2) is 22.3 Å². The zero-order valence-corrected chi connectivity index (χ0v) is 10.4. The number of fused-ring (bicyclic) bond motifs is 1. The van der Waals surface area contributed by atoms with Crippen molar-refractivity contribution in [2.45, 2.75) is 24.6 Å². The normalized spacial score (nSPS) is 25.2. The van der Waals surface area contributed by atoms with Gasteiger partial charge in [0.05, 0.1) is 12.4 Å². The van der Waals surface area contributed by atoms with Gasteiger partial charge in [-0.3, -0.25) is 4.21 Å². The minimum Gasteiger partial charge on any atom is -0.497 e. The van der Waals surface area contributed by atoms with Crippen molar-refractivity contribution in [1.82, 2.24) is 0 Å². The predicted octanol–water partition coefficient (Wildman–Crippen LogP) is 1.39. The highest BCUT2D eigenvalue weighted by atomic mass is 32.2. The summed E-state index contributed by atoms with van der Waals surface area (Å²) >= 11 is 0. The van der Waals surface area contributed by atoms with E-state index < -0.39 is 10.8 Å². The minimum atomic E-state index is -0.833. The lowest BCUT2D eigenvalue weighted by Gasteiger charge is -2.14. The van der Waals surface area contributed by atoms with Crippen LogP contribution in [0.4, 0.5) is 0 Å². The maximum absolute atomic E-state index is 11.8. The number of hydrogen-bond acceptors (Lipinski definition) is 3. The molecule has 0 heterocycles. The average molecular weight is 239 g/mol. The summed E-state index contributed by atoms with van der Waals surface area (Å²) in [5, 5.41) is 0.0621. The zero-order valence-electron chi connectivity index (χ0n) is 9.60. The van der Waals surface area contributed by atoms with Gasteiger partial charge in [0.25, 0.3) is 0 Å². The SMILES string of the molecule is CCS(=O)C1Cc2ccc(OC)cc2C1N. The molecule has 3 nitrogen and oxygen atoms in total. The molecule has 4 heteroatoms. The molecule has 3 atom stereocenters. The Morgan fingerprint density at radius 2 is 2.31 bits per heavy atom. The molecule has 0 saturated heterocycles. The summed E-state index contributed by atoms with van der Waals surface area (Å²) in [7, 11) is 0.810. The summed E-state index contributed by atoms with van der Waals surface area (Å²) in [6.07, 6.45) is 0.820. The maximum Gasteiger partial charge on any atom is 0.119 e. The van der Waals surface area contributed by atoms with Crippen LogP contribution in [0.25, 0.3) is 0 Å². The van der Waals surface area contributed by atoms with E-state index in [1.165, 1.54) is 5.56 Å². The molecule has 1 aliphatic carbocycles. The molecule has 1 aliphatic rings. The van der Waals surface area contributed by atoms with Gasteiger partial charge in [-0.05, 0) is 29.7 Å². The fourth-order valence-electron chi connectivity index (χ4n) is 2.21. The fraction of sp³-hybridized carbons (Fsp3) is 0.500. The molecule has 0 bridgehead atoms. The van der Waals surface area contributed by atoms with E-state index in [0.717, 1.165) is 17.7 Å². The Bertz CT molecular complexity index is 419. The fourth-order valence-corrected chi connectivity index (χ4v) is 3.48. The third-order valence-electron chi connectivity index (χ3n) is 3.16. The van der Waals surface area contributed by atoms with Crippen LogP contribution in [0.5, 0.6) is 5.75 Å². The number of nitrogens with two attached hydrogens (primary N) is 1. The van der Waals surface area contributed by atoms with E-state index in [9.17, 15) is 4.21 Å². The monoisotopic (exact) mass is 239 g/mol. The predicted molar refractivity (Wildman–Crippen MR) is 66.1 cm³/mol. The van der Waals surface area contributed by atoms with E-state index in [0.29, 0.717) is 5.75 Å². The second-order valence-corrected chi connectivity index (χ2v) is 5.95. The van der Waals surface area contributed by atoms with E-state index in [1.54, 1.807) is 7.11 Å². The lowest BCUT2D eigenvalue weighted by Crippen LogP contribution is -2.27. The Hall–Kier alpha value is -0.870. The van der Waals surface area contributed by atoms with E-state index in [2.05, 4.69) is 0 Å². The molecule has 3 unspecified atom stereocenters. The number of rotatable bonds is 3. The van der Waals surface area contributed by atoms with Gasteiger partial charge in [0, 0.05) is 22.6 Å². The summed E-state index contributed by atoms with van der Waals surface area (Å²) < 4.78 is 17.0. The molecule has 16 heavy (non-hydrogen) atoms. The number of hydrogen-bond donors (Lipinski definition) is 1. The van der Waals surface area contributed by atoms with Gasteiger partial charge in [0.1, 0.15) is 5.75 Å². The van der Waals surface area contributed by atoms with Crippen molar-refractivity contribution in [2.75, 3.05) is 12.9 Å². The summed E-state index contributed by atoms with van der Waals surface area (Å²) in [6.45, 7) is 1.94. The highest BCUT2D eigenvalue weighted by molar-refractivity contribution is 7.85. The van der Waals surface area contributed by atoms with Crippen LogP contribution >= 0.6 is 0 Å². The van der Waals surface area contributed by atoms with Gasteiger partial charge in [0.15, 0.2) is 0 Å². The highest BCUT2D eigenvalue weighted by Crippen LogP contribution is 2.35. The van der Waals surface area contributed by atoms with Crippen LogP contribution in [0, 0.1) is 0 Å². The molecule has 1 aromatic carbocycles. The number of ether oxygens (including phenoxy) is 1. The van der Waals surface area contributed by atoms with Crippen molar-refractivity contribution in [1.29, 1.82) is 0 Å². The Morgan fingerprint density at radius 1 is 1.56 bits per heavy atom. The quantitative estimate of drug-likeness (QED) is 0.867. The van der Waals surface area contributed by atoms with Crippen LogP contribution < -0.4 is 10.5 Å². The lowest BCUT2D eigenvalue weighted by atomic mass is 10.1. The molecule has 1 aromatic rings. The topological polar surface area (TPSA) is 52.3 Å². The van der Waals surface area contributed by atoms with Crippen LogP contribution in [0.2, 0.25) is 0 Å². The van der Waals surface area contributed by atoms with Crippen LogP contribution in [0.15, 0.2) is 18.2 Å². The molecule has 0 radical (unpaired) electrons. The third-order valence-corrected chi connectivity index (χ3v) is 4.86. The Morgan fingerprint density at radius 3 is 2.94 bits per heavy atom. The molecule has 0 spiro atoms. The number of benzene rings is 1. The number of methoxy groups -OCH3 is 1. The van der Waals surface area contributed by atoms with Gasteiger partial charge in [-0.25, -0.2) is 0 Å². The second kappa shape index (κ2) is 4.55. The summed E-state index contributed by atoms with van der Waals surface area (Å²) in [4.78, 5) is 0. The lowest BCUT2D eigenvalue weighted by molar-refractivity contribution is 0.414. The van der Waals surface area contributed by atoms with Crippen molar-refractivity contribution in [2.24, 2.45) is 5.73 Å². The molecular formula is C12H17NO2S. The van der Waals surface area contributed by atoms with Crippen LogP contribution in [0.3, 0.4) is 0 Å². The van der Waals surface area contributed by atoms with Gasteiger partial charge in [0.2, 0.25) is 0 Å². The van der Waals surface area contributed by atoms with E-state index in [4.69, 9.17) is 10.5 Å². The smallest absolute Gasteiger partial charge is 0.119 e. The molecular weight excluding hydrogens is 222 g/mol.